The number of pyridine rings is 3. The monoisotopic (exact) mass is 589 g/mol. The molecule has 1 aliphatic carbocycles. The lowest BCUT2D eigenvalue weighted by Gasteiger charge is -2.23. The first-order chi connectivity index (χ1) is 21.4. The molecular formula is C34H32FN7O2. The van der Waals surface area contributed by atoms with E-state index in [1.165, 1.54) is 31.4 Å². The summed E-state index contributed by atoms with van der Waals surface area (Å²) in [5, 5.41) is 16.5. The number of halogens is 1. The predicted molar refractivity (Wildman–Crippen MR) is 168 cm³/mol. The van der Waals surface area contributed by atoms with Crippen LogP contribution >= 0.6 is 0 Å². The third-order valence-electron chi connectivity index (χ3n) is 8.31. The molecule has 1 fully saturated rings. The number of aromatic nitrogens is 5. The Bertz CT molecular complexity index is 1890. The number of anilines is 2. The number of phenols is 1. The highest BCUT2D eigenvalue weighted by atomic mass is 19.1. The van der Waals surface area contributed by atoms with Gasteiger partial charge in [-0.15, -0.1) is 0 Å². The number of amides is 1. The fourth-order valence-electron chi connectivity index (χ4n) is 6.26. The van der Waals surface area contributed by atoms with Crippen molar-refractivity contribution in [2.45, 2.75) is 51.5 Å². The van der Waals surface area contributed by atoms with E-state index in [0.717, 1.165) is 35.7 Å². The van der Waals surface area contributed by atoms with Gasteiger partial charge in [0.05, 0.1) is 46.2 Å². The number of aromatic hydroxyl groups is 1. The number of carbonyl (C=O) groups excluding carboxylic acids is 1. The van der Waals surface area contributed by atoms with Crippen molar-refractivity contribution in [2.24, 2.45) is 5.92 Å². The lowest BCUT2D eigenvalue weighted by atomic mass is 9.87. The number of hydrogen-bond donors (Lipinski definition) is 4. The number of fused-ring (bicyclic) bond motifs is 2. The standard InChI is InChI=1S/C34H32FN7O2/c1-19-9-26(34-41-30-18-37-17-27(33(30)42-34)21-11-23(35)14-25(43)13-21)32-29(38-19)8-7-28(40-32)22-12-24(16-36-15-22)39-31(44)10-20-5-3-2-4-6-20/h7-9,11-20,38,43H,2-6,10H2,1H3,(H,39,44)(H,41,42). The zero-order valence-electron chi connectivity index (χ0n) is 24.3. The molecule has 222 valence electrons. The normalized spacial score (nSPS) is 16.7. The first-order valence-electron chi connectivity index (χ1n) is 15.0. The molecule has 4 N–H and O–H groups in total. The molecule has 1 aliphatic heterocycles. The third kappa shape index (κ3) is 5.62. The van der Waals surface area contributed by atoms with Gasteiger partial charge in [0.1, 0.15) is 17.4 Å². The number of imidazole rings is 1. The zero-order valence-corrected chi connectivity index (χ0v) is 24.3. The Morgan fingerprint density at radius 3 is 2.68 bits per heavy atom. The quantitative estimate of drug-likeness (QED) is 0.167. The van der Waals surface area contributed by atoms with Crippen molar-refractivity contribution in [3.8, 4) is 28.1 Å². The lowest BCUT2D eigenvalue weighted by Crippen LogP contribution is -2.20. The van der Waals surface area contributed by atoms with Crippen LogP contribution in [0.4, 0.5) is 15.8 Å². The minimum absolute atomic E-state index is 0.0143. The van der Waals surface area contributed by atoms with Gasteiger partial charge in [0.15, 0.2) is 0 Å². The van der Waals surface area contributed by atoms with E-state index in [4.69, 9.17) is 9.97 Å². The second kappa shape index (κ2) is 11.5. The molecule has 10 heteroatoms. The largest absolute Gasteiger partial charge is 0.508 e. The third-order valence-corrected chi connectivity index (χ3v) is 8.31. The molecule has 9 nitrogen and oxygen atoms in total. The lowest BCUT2D eigenvalue weighted by molar-refractivity contribution is -0.117. The van der Waals surface area contributed by atoms with Crippen molar-refractivity contribution in [1.29, 1.82) is 0 Å². The van der Waals surface area contributed by atoms with Gasteiger partial charge >= 0.3 is 0 Å². The van der Waals surface area contributed by atoms with Crippen LogP contribution in [0.3, 0.4) is 0 Å². The molecule has 0 radical (unpaired) electrons. The van der Waals surface area contributed by atoms with E-state index < -0.39 is 5.82 Å². The number of carbonyl (C=O) groups is 1. The summed E-state index contributed by atoms with van der Waals surface area (Å²) in [6.07, 6.45) is 15.2. The Kier molecular flexibility index (Phi) is 7.25. The maximum Gasteiger partial charge on any atom is 0.224 e. The first-order valence-corrected chi connectivity index (χ1v) is 15.0. The minimum atomic E-state index is -0.546. The van der Waals surface area contributed by atoms with E-state index in [0.29, 0.717) is 57.4 Å². The van der Waals surface area contributed by atoms with Gasteiger partial charge in [-0.25, -0.2) is 14.4 Å². The van der Waals surface area contributed by atoms with Crippen LogP contribution in [0.15, 0.2) is 67.3 Å². The molecule has 0 saturated heterocycles. The number of phenolic OH excluding ortho intramolecular Hbond substituents is 1. The SMILES string of the molecule is CC1C=C(c2nc3c(-c4cc(O)cc(F)c4)cncc3[nH]2)c2nc(-c3cncc(NC(=O)CC4CCCCC4)c3)ccc2N1. The summed E-state index contributed by atoms with van der Waals surface area (Å²) in [4.78, 5) is 34.8. The minimum Gasteiger partial charge on any atom is -0.508 e. The number of aromatic amines is 1. The van der Waals surface area contributed by atoms with Gasteiger partial charge in [-0.2, -0.15) is 0 Å². The highest BCUT2D eigenvalue weighted by Gasteiger charge is 2.24. The Morgan fingerprint density at radius 2 is 1.84 bits per heavy atom. The van der Waals surface area contributed by atoms with Gasteiger partial charge in [-0.05, 0) is 67.7 Å². The van der Waals surface area contributed by atoms with E-state index in [1.54, 1.807) is 24.8 Å². The summed E-state index contributed by atoms with van der Waals surface area (Å²) < 4.78 is 14.1. The number of H-pyrrole nitrogens is 1. The number of nitrogens with zero attached hydrogens (tertiary/aromatic N) is 4. The molecule has 1 saturated carbocycles. The van der Waals surface area contributed by atoms with Gasteiger partial charge in [0, 0.05) is 47.6 Å². The van der Waals surface area contributed by atoms with Crippen molar-refractivity contribution in [3.63, 3.8) is 0 Å². The van der Waals surface area contributed by atoms with Crippen LogP contribution in [0.25, 0.3) is 39.0 Å². The summed E-state index contributed by atoms with van der Waals surface area (Å²) in [6, 6.07) is 9.73. The first kappa shape index (κ1) is 27.7. The highest BCUT2D eigenvalue weighted by molar-refractivity contribution is 5.95. The topological polar surface area (TPSA) is 129 Å². The predicted octanol–water partition coefficient (Wildman–Crippen LogP) is 7.08. The van der Waals surface area contributed by atoms with Crippen LogP contribution in [0.1, 0.15) is 57.0 Å². The van der Waals surface area contributed by atoms with Crippen LogP contribution < -0.4 is 10.6 Å². The van der Waals surface area contributed by atoms with Crippen molar-refractivity contribution in [2.75, 3.05) is 10.6 Å². The maximum atomic E-state index is 14.1. The Morgan fingerprint density at radius 1 is 1.00 bits per heavy atom. The zero-order chi connectivity index (χ0) is 30.2. The molecule has 1 atom stereocenters. The Balaban J connectivity index is 1.20. The second-order valence-corrected chi connectivity index (χ2v) is 11.7. The molecule has 1 amide bonds. The van der Waals surface area contributed by atoms with Crippen LogP contribution in [0, 0.1) is 11.7 Å². The van der Waals surface area contributed by atoms with E-state index >= 15 is 0 Å². The maximum absolute atomic E-state index is 14.1. The van der Waals surface area contributed by atoms with Crippen molar-refractivity contribution in [1.82, 2.24) is 24.9 Å². The smallest absolute Gasteiger partial charge is 0.224 e. The van der Waals surface area contributed by atoms with Crippen molar-refractivity contribution < 1.29 is 14.3 Å². The van der Waals surface area contributed by atoms with Crippen LogP contribution in [0.5, 0.6) is 5.75 Å². The van der Waals surface area contributed by atoms with Gasteiger partial charge in [0.2, 0.25) is 5.91 Å². The van der Waals surface area contributed by atoms with Crippen LogP contribution in [-0.4, -0.2) is 42.0 Å². The number of hydrogen-bond acceptors (Lipinski definition) is 7. The fraction of sp³-hybridized carbons (Fsp3) is 0.265. The van der Waals surface area contributed by atoms with E-state index in [9.17, 15) is 14.3 Å². The fourth-order valence-corrected chi connectivity index (χ4v) is 6.26. The summed E-state index contributed by atoms with van der Waals surface area (Å²) in [5.74, 6) is 0.348. The summed E-state index contributed by atoms with van der Waals surface area (Å²) in [6.45, 7) is 2.05. The summed E-state index contributed by atoms with van der Waals surface area (Å²) in [5.41, 5.74) is 6.86. The number of rotatable bonds is 6. The molecule has 1 unspecified atom stereocenters. The van der Waals surface area contributed by atoms with E-state index in [2.05, 4.69) is 31.7 Å². The van der Waals surface area contributed by atoms with Crippen LogP contribution in [0.2, 0.25) is 0 Å². The number of nitrogens with one attached hydrogen (secondary N) is 3. The molecule has 0 spiro atoms. The molecule has 1 aromatic carbocycles. The van der Waals surface area contributed by atoms with Gasteiger partial charge in [-0.3, -0.25) is 14.8 Å². The molecule has 5 heterocycles. The highest BCUT2D eigenvalue weighted by Crippen LogP contribution is 2.36. The second-order valence-electron chi connectivity index (χ2n) is 11.7. The van der Waals surface area contributed by atoms with Crippen molar-refractivity contribution >= 4 is 33.9 Å². The molecule has 5 aromatic rings. The molecule has 2 aliphatic rings. The molecule has 0 bridgehead atoms. The molecule has 7 rings (SSSR count). The average molecular weight is 590 g/mol. The molecule has 44 heavy (non-hydrogen) atoms. The van der Waals surface area contributed by atoms with E-state index in [1.807, 2.05) is 25.1 Å². The van der Waals surface area contributed by atoms with Gasteiger partial charge in [-0.1, -0.05) is 19.3 Å². The molecule has 4 aromatic heterocycles. The average Bonchev–Trinajstić information content (AvgIpc) is 3.45. The molecular weight excluding hydrogens is 557 g/mol. The van der Waals surface area contributed by atoms with Crippen molar-refractivity contribution in [3.05, 3.63) is 84.6 Å². The Labute approximate surface area is 253 Å². The van der Waals surface area contributed by atoms with E-state index in [-0.39, 0.29) is 17.7 Å². The van der Waals surface area contributed by atoms with Gasteiger partial charge in [0.25, 0.3) is 0 Å². The summed E-state index contributed by atoms with van der Waals surface area (Å²) >= 11 is 0. The Hall–Kier alpha value is -5.12. The van der Waals surface area contributed by atoms with Gasteiger partial charge < -0.3 is 20.7 Å². The summed E-state index contributed by atoms with van der Waals surface area (Å²) in [7, 11) is 0. The number of benzene rings is 1. The van der Waals surface area contributed by atoms with Crippen LogP contribution in [-0.2, 0) is 4.79 Å².